The second kappa shape index (κ2) is 10.0. The molecule has 0 aliphatic heterocycles. The quantitative estimate of drug-likeness (QED) is 0.296. The van der Waals surface area contributed by atoms with Gasteiger partial charge in [0.25, 0.3) is 0 Å². The second-order valence-electron chi connectivity index (χ2n) is 5.70. The molecule has 1 atom stereocenters. The van der Waals surface area contributed by atoms with Gasteiger partial charge < -0.3 is 4.74 Å². The van der Waals surface area contributed by atoms with Crippen LogP contribution in [0.1, 0.15) is 53.4 Å². The van der Waals surface area contributed by atoms with Crippen molar-refractivity contribution in [3.05, 3.63) is 23.8 Å². The van der Waals surface area contributed by atoms with Crippen LogP contribution in [0, 0.1) is 5.92 Å². The molecular weight excluding hydrogens is 335 g/mol. The Kier molecular flexibility index (Phi) is 10.1. The molecule has 1 nitrogen and oxygen atoms in total. The van der Waals surface area contributed by atoms with Crippen LogP contribution in [0.5, 0.6) is 0 Å². The predicted molar refractivity (Wildman–Crippen MR) is 90.5 cm³/mol. The summed E-state index contributed by atoms with van der Waals surface area (Å²) in [6, 6.07) is 0. The predicted octanol–water partition coefficient (Wildman–Crippen LogP) is 5.55. The molecule has 0 saturated heterocycles. The van der Waals surface area contributed by atoms with Crippen LogP contribution >= 0.6 is 22.6 Å². The van der Waals surface area contributed by atoms with E-state index in [-0.39, 0.29) is 5.60 Å². The smallest absolute Gasteiger partial charge is 0.0622 e. The number of allylic oxidation sites excluding steroid dienone is 4. The molecule has 0 heterocycles. The molecule has 0 fully saturated rings. The van der Waals surface area contributed by atoms with Gasteiger partial charge in [-0.3, -0.25) is 0 Å². The minimum atomic E-state index is 0.0369. The van der Waals surface area contributed by atoms with Crippen molar-refractivity contribution in [2.45, 2.75) is 59.0 Å². The molecule has 106 valence electrons. The standard InChI is InChI=1S/C16H29IO/c1-14(8-6-9-15(2)11-13-17)10-7-12-16(3,4)18-5/h6,9,11,14H,7-8,10,12-13H2,1-5H3/b9-6+,15-11+. The fourth-order valence-corrected chi connectivity index (χ4v) is 2.47. The van der Waals surface area contributed by atoms with Crippen molar-refractivity contribution in [1.29, 1.82) is 0 Å². The lowest BCUT2D eigenvalue weighted by Gasteiger charge is -2.23. The van der Waals surface area contributed by atoms with Crippen LogP contribution in [0.2, 0.25) is 0 Å². The van der Waals surface area contributed by atoms with E-state index in [0.29, 0.717) is 0 Å². The molecule has 1 unspecified atom stereocenters. The van der Waals surface area contributed by atoms with E-state index in [1.54, 1.807) is 7.11 Å². The van der Waals surface area contributed by atoms with Gasteiger partial charge in [0.05, 0.1) is 5.60 Å². The van der Waals surface area contributed by atoms with Gasteiger partial charge in [-0.2, -0.15) is 0 Å². The number of hydrogen-bond acceptors (Lipinski definition) is 1. The molecule has 0 N–H and O–H groups in total. The van der Waals surface area contributed by atoms with Gasteiger partial charge >= 0.3 is 0 Å². The van der Waals surface area contributed by atoms with E-state index in [0.717, 1.165) is 16.8 Å². The maximum Gasteiger partial charge on any atom is 0.0622 e. The number of halogens is 1. The number of methoxy groups -OCH3 is 1. The first-order chi connectivity index (χ1) is 8.41. The number of ether oxygens (including phenoxy) is 1. The van der Waals surface area contributed by atoms with Crippen molar-refractivity contribution in [3.63, 3.8) is 0 Å². The molecule has 0 radical (unpaired) electrons. The van der Waals surface area contributed by atoms with Gasteiger partial charge in [0.15, 0.2) is 0 Å². The molecule has 0 aromatic carbocycles. The van der Waals surface area contributed by atoms with Gasteiger partial charge in [-0.25, -0.2) is 0 Å². The number of alkyl halides is 1. The van der Waals surface area contributed by atoms with Crippen molar-refractivity contribution >= 4 is 22.6 Å². The van der Waals surface area contributed by atoms with Crippen LogP contribution in [0.4, 0.5) is 0 Å². The first-order valence-electron chi connectivity index (χ1n) is 6.85. The zero-order valence-electron chi connectivity index (χ0n) is 12.6. The van der Waals surface area contributed by atoms with E-state index in [1.165, 1.54) is 24.8 Å². The molecule has 18 heavy (non-hydrogen) atoms. The number of hydrogen-bond donors (Lipinski definition) is 0. The zero-order chi connectivity index (χ0) is 14.0. The van der Waals surface area contributed by atoms with Crippen molar-refractivity contribution in [2.24, 2.45) is 5.92 Å². The Morgan fingerprint density at radius 3 is 2.61 bits per heavy atom. The van der Waals surface area contributed by atoms with Crippen molar-refractivity contribution in [3.8, 4) is 0 Å². The van der Waals surface area contributed by atoms with Gasteiger partial charge in [-0.1, -0.05) is 66.2 Å². The van der Waals surface area contributed by atoms with E-state index in [1.807, 2.05) is 0 Å². The first kappa shape index (κ1) is 18.2. The minimum absolute atomic E-state index is 0.0369. The number of rotatable bonds is 9. The largest absolute Gasteiger partial charge is 0.379 e. The molecule has 0 aromatic heterocycles. The lowest BCUT2D eigenvalue weighted by atomic mass is 9.95. The van der Waals surface area contributed by atoms with E-state index < -0.39 is 0 Å². The Labute approximate surface area is 127 Å². The van der Waals surface area contributed by atoms with E-state index in [2.05, 4.69) is 68.5 Å². The summed E-state index contributed by atoms with van der Waals surface area (Å²) in [5, 5.41) is 0. The lowest BCUT2D eigenvalue weighted by Crippen LogP contribution is -2.22. The first-order valence-corrected chi connectivity index (χ1v) is 8.38. The molecule has 0 aromatic rings. The fourth-order valence-electron chi connectivity index (χ4n) is 1.77. The SMILES string of the molecule is COC(C)(C)CCCC(C)C/C=C/C(C)=C/CI. The Hall–Kier alpha value is 0.170. The molecule has 0 amide bonds. The summed E-state index contributed by atoms with van der Waals surface area (Å²) in [5.41, 5.74) is 1.41. The van der Waals surface area contributed by atoms with Crippen molar-refractivity contribution in [1.82, 2.24) is 0 Å². The maximum atomic E-state index is 5.44. The Bertz CT molecular complexity index is 266. The summed E-state index contributed by atoms with van der Waals surface area (Å²) in [6.45, 7) is 8.83. The Morgan fingerprint density at radius 2 is 2.06 bits per heavy atom. The molecule has 0 saturated carbocycles. The van der Waals surface area contributed by atoms with Crippen LogP contribution in [0.15, 0.2) is 23.8 Å². The molecule has 2 heteroatoms. The monoisotopic (exact) mass is 364 g/mol. The van der Waals surface area contributed by atoms with Crippen LogP contribution < -0.4 is 0 Å². The molecule has 0 aliphatic rings. The summed E-state index contributed by atoms with van der Waals surface area (Å²) in [5.74, 6) is 0.765. The molecule has 0 bridgehead atoms. The van der Waals surface area contributed by atoms with E-state index in [9.17, 15) is 0 Å². The summed E-state index contributed by atoms with van der Waals surface area (Å²) in [6.07, 6.45) is 11.7. The third kappa shape index (κ3) is 10.1. The van der Waals surface area contributed by atoms with E-state index in [4.69, 9.17) is 4.74 Å². The average molecular weight is 364 g/mol. The van der Waals surface area contributed by atoms with Gasteiger partial charge in [0, 0.05) is 11.5 Å². The summed E-state index contributed by atoms with van der Waals surface area (Å²) in [7, 11) is 1.80. The highest BCUT2D eigenvalue weighted by Gasteiger charge is 2.15. The van der Waals surface area contributed by atoms with Crippen LogP contribution in [0.3, 0.4) is 0 Å². The fraction of sp³-hybridized carbons (Fsp3) is 0.750. The highest BCUT2D eigenvalue weighted by molar-refractivity contribution is 14.1. The highest BCUT2D eigenvalue weighted by atomic mass is 127. The summed E-state index contributed by atoms with van der Waals surface area (Å²) >= 11 is 2.37. The van der Waals surface area contributed by atoms with E-state index >= 15 is 0 Å². The van der Waals surface area contributed by atoms with Crippen LogP contribution in [-0.4, -0.2) is 17.1 Å². The average Bonchev–Trinajstić information content (AvgIpc) is 2.29. The van der Waals surface area contributed by atoms with Gasteiger partial charge in [-0.15, -0.1) is 0 Å². The Balaban J connectivity index is 3.79. The third-order valence-electron chi connectivity index (χ3n) is 3.35. The van der Waals surface area contributed by atoms with Crippen LogP contribution in [-0.2, 0) is 4.74 Å². The maximum absolute atomic E-state index is 5.44. The highest BCUT2D eigenvalue weighted by Crippen LogP contribution is 2.20. The summed E-state index contributed by atoms with van der Waals surface area (Å²) in [4.78, 5) is 0. The van der Waals surface area contributed by atoms with Gasteiger partial charge in [0.2, 0.25) is 0 Å². The van der Waals surface area contributed by atoms with Gasteiger partial charge in [0.1, 0.15) is 0 Å². The molecular formula is C16H29IO. The zero-order valence-corrected chi connectivity index (χ0v) is 14.8. The van der Waals surface area contributed by atoms with Crippen LogP contribution in [0.25, 0.3) is 0 Å². The molecule has 0 spiro atoms. The summed E-state index contributed by atoms with van der Waals surface area (Å²) < 4.78 is 6.53. The minimum Gasteiger partial charge on any atom is -0.379 e. The lowest BCUT2D eigenvalue weighted by molar-refractivity contribution is 0.0128. The van der Waals surface area contributed by atoms with Crippen molar-refractivity contribution < 1.29 is 4.74 Å². The van der Waals surface area contributed by atoms with Gasteiger partial charge in [-0.05, 0) is 39.5 Å². The molecule has 0 rings (SSSR count). The molecule has 0 aliphatic carbocycles. The topological polar surface area (TPSA) is 9.23 Å². The normalized spacial score (nSPS) is 15.3. The third-order valence-corrected chi connectivity index (χ3v) is 3.79. The second-order valence-corrected chi connectivity index (χ2v) is 6.58. The Morgan fingerprint density at radius 1 is 1.39 bits per heavy atom. The van der Waals surface area contributed by atoms with Crippen molar-refractivity contribution in [2.75, 3.05) is 11.5 Å².